The number of nitrogen functional groups attached to an aromatic ring is 2. The van der Waals surface area contributed by atoms with Crippen LogP contribution in [0.5, 0.6) is 11.5 Å². The number of phenolic OH excluding ortho intramolecular Hbond substituents is 2. The normalized spacial score (nSPS) is 10.5. The summed E-state index contributed by atoms with van der Waals surface area (Å²) in [6.07, 6.45) is 0. The summed E-state index contributed by atoms with van der Waals surface area (Å²) in [6.45, 7) is 3.34. The quantitative estimate of drug-likeness (QED) is 0.380. The lowest BCUT2D eigenvalue weighted by atomic mass is 9.94. The van der Waals surface area contributed by atoms with E-state index < -0.39 is 0 Å². The highest BCUT2D eigenvalue weighted by Crippen LogP contribution is 2.31. The average molecular weight is 272 g/mol. The van der Waals surface area contributed by atoms with Crippen LogP contribution in [-0.4, -0.2) is 16.0 Å². The van der Waals surface area contributed by atoms with Crippen LogP contribution in [-0.2, 0) is 0 Å². The van der Waals surface area contributed by atoms with Crippen molar-refractivity contribution in [3.05, 3.63) is 46.5 Å². The first-order valence-corrected chi connectivity index (χ1v) is 6.05. The fraction of sp³-hybridized carbons (Fsp3) is 0.133. The molecule has 2 rings (SSSR count). The van der Waals surface area contributed by atoms with E-state index in [1.165, 1.54) is 24.3 Å². The second-order valence-corrected chi connectivity index (χ2v) is 4.67. The van der Waals surface area contributed by atoms with Crippen molar-refractivity contribution < 1.29 is 15.0 Å². The first kappa shape index (κ1) is 13.7. The minimum atomic E-state index is -0.251. The number of carbonyl (C=O) groups excluding carboxylic acids is 1. The zero-order valence-electron chi connectivity index (χ0n) is 11.3. The minimum Gasteiger partial charge on any atom is -0.506 e. The molecular formula is C15H16N2O3. The van der Waals surface area contributed by atoms with Gasteiger partial charge in [0.1, 0.15) is 11.5 Å². The largest absolute Gasteiger partial charge is 0.506 e. The van der Waals surface area contributed by atoms with E-state index >= 15 is 0 Å². The molecule has 2 aromatic carbocycles. The smallest absolute Gasteiger partial charge is 0.193 e. The molecule has 0 aromatic heterocycles. The third-order valence-electron chi connectivity index (χ3n) is 3.47. The number of anilines is 2. The van der Waals surface area contributed by atoms with Gasteiger partial charge in [-0.15, -0.1) is 0 Å². The van der Waals surface area contributed by atoms with E-state index in [1.807, 2.05) is 0 Å². The van der Waals surface area contributed by atoms with E-state index in [-0.39, 0.29) is 28.7 Å². The molecule has 0 fully saturated rings. The Morgan fingerprint density at radius 1 is 0.850 bits per heavy atom. The van der Waals surface area contributed by atoms with Crippen LogP contribution in [0, 0.1) is 13.8 Å². The topological polar surface area (TPSA) is 110 Å². The van der Waals surface area contributed by atoms with Gasteiger partial charge in [-0.3, -0.25) is 4.79 Å². The lowest BCUT2D eigenvalue weighted by Crippen LogP contribution is -2.08. The predicted molar refractivity (Wildman–Crippen MR) is 77.9 cm³/mol. The second-order valence-electron chi connectivity index (χ2n) is 4.67. The first-order chi connectivity index (χ1) is 9.34. The highest BCUT2D eigenvalue weighted by Gasteiger charge is 2.18. The number of rotatable bonds is 2. The van der Waals surface area contributed by atoms with Crippen molar-refractivity contribution in [2.75, 3.05) is 11.5 Å². The molecule has 0 radical (unpaired) electrons. The van der Waals surface area contributed by atoms with Crippen LogP contribution in [0.25, 0.3) is 0 Å². The molecule has 0 bridgehead atoms. The number of benzene rings is 2. The first-order valence-electron chi connectivity index (χ1n) is 6.05. The van der Waals surface area contributed by atoms with Gasteiger partial charge < -0.3 is 21.7 Å². The number of hydrogen-bond donors (Lipinski definition) is 4. The van der Waals surface area contributed by atoms with Crippen molar-refractivity contribution in [3.8, 4) is 11.5 Å². The number of aromatic hydroxyl groups is 2. The van der Waals surface area contributed by atoms with Crippen molar-refractivity contribution in [3.63, 3.8) is 0 Å². The summed E-state index contributed by atoms with van der Waals surface area (Å²) >= 11 is 0. The minimum absolute atomic E-state index is 0.0546. The third-order valence-corrected chi connectivity index (χ3v) is 3.47. The van der Waals surface area contributed by atoms with Gasteiger partial charge in [-0.25, -0.2) is 0 Å². The van der Waals surface area contributed by atoms with E-state index in [1.54, 1.807) is 13.8 Å². The molecule has 0 aliphatic carbocycles. The number of ketones is 1. The summed E-state index contributed by atoms with van der Waals surface area (Å²) in [5.41, 5.74) is 13.6. The van der Waals surface area contributed by atoms with Gasteiger partial charge in [0.05, 0.1) is 11.4 Å². The van der Waals surface area contributed by atoms with Crippen molar-refractivity contribution >= 4 is 17.2 Å². The third kappa shape index (κ3) is 2.03. The van der Waals surface area contributed by atoms with Crippen LogP contribution in [0.2, 0.25) is 0 Å². The van der Waals surface area contributed by atoms with E-state index in [0.29, 0.717) is 22.3 Å². The summed E-state index contributed by atoms with van der Waals surface area (Å²) < 4.78 is 0. The molecule has 0 heterocycles. The van der Waals surface area contributed by atoms with Crippen molar-refractivity contribution in [2.45, 2.75) is 13.8 Å². The van der Waals surface area contributed by atoms with Crippen LogP contribution in [0.15, 0.2) is 24.3 Å². The molecule has 0 saturated heterocycles. The van der Waals surface area contributed by atoms with Crippen LogP contribution in [0.1, 0.15) is 27.0 Å². The Balaban J connectivity index is 2.58. The Labute approximate surface area is 116 Å². The van der Waals surface area contributed by atoms with Gasteiger partial charge in [0, 0.05) is 11.1 Å². The second kappa shape index (κ2) is 4.77. The molecule has 5 nitrogen and oxygen atoms in total. The zero-order chi connectivity index (χ0) is 15.0. The molecule has 6 N–H and O–H groups in total. The highest BCUT2D eigenvalue weighted by atomic mass is 16.3. The summed E-state index contributed by atoms with van der Waals surface area (Å²) in [6, 6.07) is 5.81. The average Bonchev–Trinajstić information content (AvgIpc) is 2.42. The lowest BCUT2D eigenvalue weighted by Gasteiger charge is -2.12. The number of phenols is 2. The monoisotopic (exact) mass is 272 g/mol. The zero-order valence-corrected chi connectivity index (χ0v) is 11.3. The van der Waals surface area contributed by atoms with Crippen molar-refractivity contribution in [1.82, 2.24) is 0 Å². The highest BCUT2D eigenvalue weighted by molar-refractivity contribution is 6.12. The van der Waals surface area contributed by atoms with Gasteiger partial charge in [0.15, 0.2) is 5.78 Å². The maximum Gasteiger partial charge on any atom is 0.193 e. The molecule has 20 heavy (non-hydrogen) atoms. The van der Waals surface area contributed by atoms with Gasteiger partial charge >= 0.3 is 0 Å². The molecule has 5 heteroatoms. The Bertz CT molecular complexity index is 649. The van der Waals surface area contributed by atoms with Crippen LogP contribution in [0.3, 0.4) is 0 Å². The van der Waals surface area contributed by atoms with E-state index in [9.17, 15) is 15.0 Å². The summed E-state index contributed by atoms with van der Waals surface area (Å²) in [5.74, 6) is -0.361. The molecule has 0 aliphatic rings. The molecule has 0 atom stereocenters. The van der Waals surface area contributed by atoms with Crippen molar-refractivity contribution in [2.24, 2.45) is 0 Å². The predicted octanol–water partition coefficient (Wildman–Crippen LogP) is 2.11. The van der Waals surface area contributed by atoms with E-state index in [2.05, 4.69) is 0 Å². The Morgan fingerprint density at radius 3 is 1.55 bits per heavy atom. The Kier molecular flexibility index (Phi) is 3.28. The maximum atomic E-state index is 12.5. The van der Waals surface area contributed by atoms with E-state index in [0.717, 1.165) is 0 Å². The molecule has 0 spiro atoms. The molecule has 0 aliphatic heterocycles. The number of nitrogens with two attached hydrogens (primary N) is 2. The van der Waals surface area contributed by atoms with Crippen LogP contribution in [0.4, 0.5) is 11.4 Å². The molecule has 0 unspecified atom stereocenters. The Hall–Kier alpha value is -2.69. The lowest BCUT2D eigenvalue weighted by molar-refractivity contribution is 0.103. The van der Waals surface area contributed by atoms with Gasteiger partial charge in [-0.2, -0.15) is 0 Å². The number of hydrogen-bond acceptors (Lipinski definition) is 5. The van der Waals surface area contributed by atoms with Crippen molar-refractivity contribution in [1.29, 1.82) is 0 Å². The van der Waals surface area contributed by atoms with E-state index in [4.69, 9.17) is 11.5 Å². The fourth-order valence-electron chi connectivity index (χ4n) is 2.07. The standard InChI is InChI=1S/C15H16N2O3/c1-7-9(3-5-11(18)13(7)16)15(20)10-4-6-12(19)14(17)8(10)2/h3-6,18-19H,16-17H2,1-2H3. The van der Waals surface area contributed by atoms with Gasteiger partial charge in [-0.05, 0) is 49.2 Å². The maximum absolute atomic E-state index is 12.5. The summed E-state index contributed by atoms with van der Waals surface area (Å²) in [4.78, 5) is 12.5. The SMILES string of the molecule is Cc1c(C(=O)c2ccc(O)c(N)c2C)ccc(O)c1N. The van der Waals surface area contributed by atoms with Crippen LogP contribution >= 0.6 is 0 Å². The number of carbonyl (C=O) groups is 1. The molecule has 0 saturated carbocycles. The molecular weight excluding hydrogens is 256 g/mol. The molecule has 104 valence electrons. The Morgan fingerprint density at radius 2 is 1.20 bits per heavy atom. The van der Waals surface area contributed by atoms with Crippen LogP contribution < -0.4 is 11.5 Å². The van der Waals surface area contributed by atoms with Gasteiger partial charge in [0.2, 0.25) is 0 Å². The summed E-state index contributed by atoms with van der Waals surface area (Å²) in [7, 11) is 0. The molecule has 0 amide bonds. The summed E-state index contributed by atoms with van der Waals surface area (Å²) in [5, 5.41) is 19.0. The molecule has 2 aromatic rings. The fourth-order valence-corrected chi connectivity index (χ4v) is 2.07. The van der Waals surface area contributed by atoms with Gasteiger partial charge in [0.25, 0.3) is 0 Å². The van der Waals surface area contributed by atoms with Gasteiger partial charge in [-0.1, -0.05) is 0 Å².